The van der Waals surface area contributed by atoms with Gasteiger partial charge in [-0.25, -0.2) is 4.98 Å². The topological polar surface area (TPSA) is 25.8 Å². The second-order valence-electron chi connectivity index (χ2n) is 3.31. The van der Waals surface area contributed by atoms with E-state index in [1.165, 1.54) is 0 Å². The molecule has 0 amide bonds. The van der Waals surface area contributed by atoms with Crippen LogP contribution >= 0.6 is 11.6 Å². The van der Waals surface area contributed by atoms with Crippen LogP contribution in [0.4, 0.5) is 0 Å². The van der Waals surface area contributed by atoms with Crippen molar-refractivity contribution in [2.24, 2.45) is 0 Å². The summed E-state index contributed by atoms with van der Waals surface area (Å²) < 4.78 is 0. The van der Waals surface area contributed by atoms with Crippen molar-refractivity contribution >= 4 is 11.6 Å². The van der Waals surface area contributed by atoms with Gasteiger partial charge in [-0.05, 0) is 23.8 Å². The molecule has 2 aromatic rings. The normalized spacial score (nSPS) is 12.4. The summed E-state index contributed by atoms with van der Waals surface area (Å²) in [5.74, 6) is 0.164. The van der Waals surface area contributed by atoms with Gasteiger partial charge in [0.15, 0.2) is 0 Å². The summed E-state index contributed by atoms with van der Waals surface area (Å²) in [6, 6.07) is 10.5. The number of rotatable bonds is 2. The lowest BCUT2D eigenvalue weighted by Crippen LogP contribution is -1.99. The van der Waals surface area contributed by atoms with Crippen LogP contribution in [0.2, 0.25) is 5.15 Å². The summed E-state index contributed by atoms with van der Waals surface area (Å²) in [5.41, 5.74) is 1.96. The van der Waals surface area contributed by atoms with Gasteiger partial charge >= 0.3 is 0 Å². The summed E-state index contributed by atoms with van der Waals surface area (Å²) in [7, 11) is 0. The van der Waals surface area contributed by atoms with Gasteiger partial charge in [0.2, 0.25) is 0 Å². The average molecular weight is 218 g/mol. The molecule has 0 N–H and O–H groups in total. The van der Waals surface area contributed by atoms with Crippen LogP contribution in [0, 0.1) is 6.07 Å². The highest BCUT2D eigenvalue weighted by molar-refractivity contribution is 6.29. The van der Waals surface area contributed by atoms with Crippen molar-refractivity contribution in [3.05, 3.63) is 59.1 Å². The molecular formula is C12H10ClN2. The quantitative estimate of drug-likeness (QED) is 0.723. The first-order valence-corrected chi connectivity index (χ1v) is 5.09. The molecule has 3 heteroatoms. The molecule has 15 heavy (non-hydrogen) atoms. The van der Waals surface area contributed by atoms with Gasteiger partial charge in [0.05, 0.1) is 5.69 Å². The second-order valence-corrected chi connectivity index (χ2v) is 3.69. The standard InChI is InChI=1S/C12H10ClN2/c1-9(10-4-3-7-14-8-10)11-5-2-6-12(13)15-11/h2-4,6-9H,1H3. The smallest absolute Gasteiger partial charge is 0.129 e. The molecule has 2 rings (SSSR count). The van der Waals surface area contributed by atoms with Gasteiger partial charge in [0, 0.05) is 24.4 Å². The molecule has 0 bridgehead atoms. The molecule has 0 aliphatic carbocycles. The average Bonchev–Trinajstić information content (AvgIpc) is 2.29. The van der Waals surface area contributed by atoms with Crippen molar-refractivity contribution in [1.82, 2.24) is 9.97 Å². The molecule has 0 fully saturated rings. The summed E-state index contributed by atoms with van der Waals surface area (Å²) in [6.07, 6.45) is 3.59. The molecular weight excluding hydrogens is 208 g/mol. The molecule has 1 atom stereocenters. The van der Waals surface area contributed by atoms with Gasteiger partial charge in [0.1, 0.15) is 5.15 Å². The van der Waals surface area contributed by atoms with Gasteiger partial charge in [-0.3, -0.25) is 4.98 Å². The lowest BCUT2D eigenvalue weighted by molar-refractivity contribution is 0.862. The van der Waals surface area contributed by atoms with Crippen molar-refractivity contribution in [3.8, 4) is 0 Å². The van der Waals surface area contributed by atoms with Crippen molar-refractivity contribution in [3.63, 3.8) is 0 Å². The molecule has 0 aliphatic rings. The Morgan fingerprint density at radius 1 is 1.40 bits per heavy atom. The third-order valence-corrected chi connectivity index (χ3v) is 2.48. The third-order valence-electron chi connectivity index (χ3n) is 2.27. The first kappa shape index (κ1) is 10.1. The van der Waals surface area contributed by atoms with Crippen molar-refractivity contribution in [2.75, 3.05) is 0 Å². The number of hydrogen-bond donors (Lipinski definition) is 0. The van der Waals surface area contributed by atoms with E-state index in [9.17, 15) is 0 Å². The largest absolute Gasteiger partial charge is 0.264 e. The van der Waals surface area contributed by atoms with Crippen LogP contribution in [0.5, 0.6) is 0 Å². The van der Waals surface area contributed by atoms with Crippen LogP contribution in [0.15, 0.2) is 36.7 Å². The lowest BCUT2D eigenvalue weighted by Gasteiger charge is -2.10. The number of hydrogen-bond acceptors (Lipinski definition) is 2. The third kappa shape index (κ3) is 2.34. The number of pyridine rings is 2. The van der Waals surface area contributed by atoms with Gasteiger partial charge < -0.3 is 0 Å². The Kier molecular flexibility index (Phi) is 2.97. The lowest BCUT2D eigenvalue weighted by atomic mass is 9.99. The monoisotopic (exact) mass is 217 g/mol. The van der Waals surface area contributed by atoms with Gasteiger partial charge in [-0.1, -0.05) is 24.6 Å². The van der Waals surface area contributed by atoms with Crippen LogP contribution < -0.4 is 0 Å². The molecule has 0 aromatic carbocycles. The van der Waals surface area contributed by atoms with E-state index in [-0.39, 0.29) is 5.92 Å². The predicted octanol–water partition coefficient (Wildman–Crippen LogP) is 3.08. The van der Waals surface area contributed by atoms with E-state index in [1.807, 2.05) is 18.3 Å². The number of aromatic nitrogens is 2. The number of halogens is 1. The fourth-order valence-corrected chi connectivity index (χ4v) is 1.55. The maximum Gasteiger partial charge on any atom is 0.129 e. The molecule has 2 heterocycles. The SMILES string of the molecule is CC(c1cccnc1)c1[c]ccc(Cl)n1. The fourth-order valence-electron chi connectivity index (χ4n) is 1.39. The maximum atomic E-state index is 5.83. The van der Waals surface area contributed by atoms with Gasteiger partial charge in [-0.15, -0.1) is 0 Å². The minimum Gasteiger partial charge on any atom is -0.264 e. The molecule has 0 saturated carbocycles. The van der Waals surface area contributed by atoms with Crippen molar-refractivity contribution in [1.29, 1.82) is 0 Å². The van der Waals surface area contributed by atoms with E-state index in [0.717, 1.165) is 11.3 Å². The predicted molar refractivity (Wildman–Crippen MR) is 59.8 cm³/mol. The Hall–Kier alpha value is -1.41. The van der Waals surface area contributed by atoms with Crippen LogP contribution in [-0.2, 0) is 0 Å². The van der Waals surface area contributed by atoms with E-state index >= 15 is 0 Å². The summed E-state index contributed by atoms with van der Waals surface area (Å²) in [5, 5.41) is 0.500. The van der Waals surface area contributed by atoms with Crippen molar-refractivity contribution in [2.45, 2.75) is 12.8 Å². The van der Waals surface area contributed by atoms with Crippen LogP contribution in [-0.4, -0.2) is 9.97 Å². The minimum atomic E-state index is 0.164. The molecule has 2 aromatic heterocycles. The summed E-state index contributed by atoms with van der Waals surface area (Å²) in [4.78, 5) is 8.31. The van der Waals surface area contributed by atoms with Crippen LogP contribution in [0.3, 0.4) is 0 Å². The highest BCUT2D eigenvalue weighted by Crippen LogP contribution is 2.21. The molecule has 1 unspecified atom stereocenters. The second kappa shape index (κ2) is 4.41. The highest BCUT2D eigenvalue weighted by atomic mass is 35.5. The Morgan fingerprint density at radius 2 is 2.27 bits per heavy atom. The van der Waals surface area contributed by atoms with E-state index in [1.54, 1.807) is 18.3 Å². The van der Waals surface area contributed by atoms with E-state index < -0.39 is 0 Å². The number of nitrogens with zero attached hydrogens (tertiary/aromatic N) is 2. The zero-order valence-corrected chi connectivity index (χ0v) is 9.07. The summed E-state index contributed by atoms with van der Waals surface area (Å²) >= 11 is 5.83. The van der Waals surface area contributed by atoms with Gasteiger partial charge in [0.25, 0.3) is 0 Å². The Morgan fingerprint density at radius 3 is 2.93 bits per heavy atom. The Labute approximate surface area is 94.0 Å². The van der Waals surface area contributed by atoms with E-state index in [2.05, 4.69) is 23.0 Å². The van der Waals surface area contributed by atoms with Crippen molar-refractivity contribution < 1.29 is 0 Å². The Bertz CT molecular complexity index is 442. The fraction of sp³-hybridized carbons (Fsp3) is 0.167. The first-order valence-electron chi connectivity index (χ1n) is 4.71. The zero-order chi connectivity index (χ0) is 10.7. The van der Waals surface area contributed by atoms with Crippen LogP contribution in [0.25, 0.3) is 0 Å². The maximum absolute atomic E-state index is 5.83. The van der Waals surface area contributed by atoms with Crippen LogP contribution in [0.1, 0.15) is 24.1 Å². The molecule has 1 radical (unpaired) electrons. The summed E-state index contributed by atoms with van der Waals surface area (Å²) in [6.45, 7) is 2.06. The molecule has 0 aliphatic heterocycles. The molecule has 0 spiro atoms. The molecule has 75 valence electrons. The van der Waals surface area contributed by atoms with Gasteiger partial charge in [-0.2, -0.15) is 0 Å². The van der Waals surface area contributed by atoms with E-state index in [4.69, 9.17) is 11.6 Å². The molecule has 2 nitrogen and oxygen atoms in total. The van der Waals surface area contributed by atoms with E-state index in [0.29, 0.717) is 5.15 Å². The highest BCUT2D eigenvalue weighted by Gasteiger charge is 2.09. The Balaban J connectivity index is 2.32. The minimum absolute atomic E-state index is 0.164. The first-order chi connectivity index (χ1) is 7.27. The zero-order valence-electron chi connectivity index (χ0n) is 8.31. The molecule has 0 saturated heterocycles.